The Bertz CT molecular complexity index is 1750. The molecular weight excluding hydrogens is 626 g/mol. The molecular formula is C30H27BrClN5O5. The minimum absolute atomic E-state index is 0.0338. The molecule has 4 aromatic rings. The van der Waals surface area contributed by atoms with Crippen LogP contribution in [0.4, 0.5) is 11.4 Å². The SMILES string of the molecule is Cc1ccc(NC(=O)COc2c(C=Nn3c(C4CCCCC4)nc4ccc(Br)cc4c3=O)cc(Cl)cc2[N+](=O)[O-])cc1. The first-order valence-corrected chi connectivity index (χ1v) is 14.6. The number of aromatic nitrogens is 2. The highest BCUT2D eigenvalue weighted by Crippen LogP contribution is 2.35. The predicted octanol–water partition coefficient (Wildman–Crippen LogP) is 6.98. The van der Waals surface area contributed by atoms with Crippen LogP contribution in [0, 0.1) is 17.0 Å². The van der Waals surface area contributed by atoms with Crippen molar-refractivity contribution in [2.75, 3.05) is 11.9 Å². The lowest BCUT2D eigenvalue weighted by atomic mass is 9.88. The van der Waals surface area contributed by atoms with Crippen LogP contribution >= 0.6 is 27.5 Å². The number of hydrogen-bond donors (Lipinski definition) is 1. The number of aryl methyl sites for hydroxylation is 1. The van der Waals surface area contributed by atoms with E-state index in [1.165, 1.54) is 17.0 Å². The second kappa shape index (κ2) is 12.8. The highest BCUT2D eigenvalue weighted by atomic mass is 79.9. The van der Waals surface area contributed by atoms with Gasteiger partial charge in [0.1, 0.15) is 5.82 Å². The van der Waals surface area contributed by atoms with Gasteiger partial charge in [0, 0.05) is 32.7 Å². The van der Waals surface area contributed by atoms with Crippen LogP contribution in [-0.2, 0) is 4.79 Å². The fourth-order valence-electron chi connectivity index (χ4n) is 4.98. The summed E-state index contributed by atoms with van der Waals surface area (Å²) >= 11 is 9.64. The zero-order valence-electron chi connectivity index (χ0n) is 22.7. The van der Waals surface area contributed by atoms with Crippen LogP contribution in [0.3, 0.4) is 0 Å². The number of fused-ring (bicyclic) bond motifs is 1. The largest absolute Gasteiger partial charge is 0.476 e. The van der Waals surface area contributed by atoms with Crippen LogP contribution in [0.1, 0.15) is 55.0 Å². The number of nitrogens with one attached hydrogen (secondary N) is 1. The highest BCUT2D eigenvalue weighted by molar-refractivity contribution is 9.10. The van der Waals surface area contributed by atoms with E-state index in [1.807, 2.05) is 25.1 Å². The molecule has 0 unspecified atom stereocenters. The van der Waals surface area contributed by atoms with Crippen LogP contribution in [0.15, 0.2) is 69.0 Å². The van der Waals surface area contributed by atoms with E-state index in [0.29, 0.717) is 22.4 Å². The first-order chi connectivity index (χ1) is 20.2. The molecule has 1 aliphatic carbocycles. The smallest absolute Gasteiger partial charge is 0.313 e. The Labute approximate surface area is 254 Å². The van der Waals surface area contributed by atoms with Crippen molar-refractivity contribution < 1.29 is 14.5 Å². The van der Waals surface area contributed by atoms with Gasteiger partial charge >= 0.3 is 5.69 Å². The van der Waals surface area contributed by atoms with E-state index < -0.39 is 23.1 Å². The minimum Gasteiger partial charge on any atom is -0.476 e. The average Bonchev–Trinajstić information content (AvgIpc) is 2.97. The van der Waals surface area contributed by atoms with Crippen molar-refractivity contribution in [2.24, 2.45) is 5.10 Å². The number of rotatable bonds is 8. The molecule has 3 aromatic carbocycles. The Morgan fingerprint density at radius 3 is 2.64 bits per heavy atom. The molecule has 0 atom stereocenters. The van der Waals surface area contributed by atoms with E-state index in [-0.39, 0.29) is 27.8 Å². The van der Waals surface area contributed by atoms with Crippen LogP contribution < -0.4 is 15.6 Å². The summed E-state index contributed by atoms with van der Waals surface area (Å²) < 4.78 is 7.66. The summed E-state index contributed by atoms with van der Waals surface area (Å²) in [6.45, 7) is 1.42. The summed E-state index contributed by atoms with van der Waals surface area (Å²) in [7, 11) is 0. The normalized spacial score (nSPS) is 13.9. The lowest BCUT2D eigenvalue weighted by molar-refractivity contribution is -0.385. The van der Waals surface area contributed by atoms with Crippen molar-refractivity contribution in [2.45, 2.75) is 44.9 Å². The molecule has 1 heterocycles. The summed E-state index contributed by atoms with van der Waals surface area (Å²) in [5, 5.41) is 19.5. The second-order valence-corrected chi connectivity index (χ2v) is 11.5. The molecule has 1 saturated carbocycles. The Morgan fingerprint density at radius 1 is 1.19 bits per heavy atom. The number of nitro groups is 1. The summed E-state index contributed by atoms with van der Waals surface area (Å²) in [5.74, 6) is -0.143. The van der Waals surface area contributed by atoms with Gasteiger partial charge in [-0.05, 0) is 56.2 Å². The minimum atomic E-state index is -0.648. The summed E-state index contributed by atoms with van der Waals surface area (Å²) in [5.41, 5.74) is 1.49. The maximum atomic E-state index is 13.7. The van der Waals surface area contributed by atoms with Crippen LogP contribution in [0.2, 0.25) is 5.02 Å². The lowest BCUT2D eigenvalue weighted by Gasteiger charge is -2.22. The molecule has 1 aromatic heterocycles. The number of carbonyl (C=O) groups excluding carboxylic acids is 1. The standard InChI is InChI=1S/C30H27BrClN5O5/c1-18-7-10-23(11-8-18)34-27(38)17-42-28-20(13-22(32)15-26(28)37(40)41)16-33-36-29(19-5-3-2-4-6-19)35-25-12-9-21(31)14-24(25)30(36)39/h7-16,19H,2-6,17H2,1H3,(H,34,38). The molecule has 0 spiro atoms. The molecule has 1 N–H and O–H groups in total. The highest BCUT2D eigenvalue weighted by Gasteiger charge is 2.24. The number of anilines is 1. The van der Waals surface area contributed by atoms with Crippen molar-refractivity contribution in [1.29, 1.82) is 0 Å². The average molecular weight is 653 g/mol. The van der Waals surface area contributed by atoms with Crippen molar-refractivity contribution >= 4 is 61.9 Å². The van der Waals surface area contributed by atoms with E-state index in [4.69, 9.17) is 21.3 Å². The molecule has 0 bridgehead atoms. The van der Waals surface area contributed by atoms with Gasteiger partial charge < -0.3 is 10.1 Å². The van der Waals surface area contributed by atoms with Crippen molar-refractivity contribution in [3.05, 3.63) is 102 Å². The first kappa shape index (κ1) is 29.4. The number of carbonyl (C=O) groups is 1. The van der Waals surface area contributed by atoms with Crippen LogP contribution in [-0.4, -0.2) is 33.3 Å². The van der Waals surface area contributed by atoms with Gasteiger partial charge in [-0.2, -0.15) is 9.78 Å². The van der Waals surface area contributed by atoms with Gasteiger partial charge in [0.25, 0.3) is 11.5 Å². The zero-order valence-corrected chi connectivity index (χ0v) is 25.0. The van der Waals surface area contributed by atoms with Gasteiger partial charge in [0.2, 0.25) is 5.75 Å². The molecule has 0 aliphatic heterocycles. The van der Waals surface area contributed by atoms with Gasteiger partial charge in [0.05, 0.1) is 22.0 Å². The molecule has 0 radical (unpaired) electrons. The second-order valence-electron chi connectivity index (χ2n) is 10.1. The predicted molar refractivity (Wildman–Crippen MR) is 166 cm³/mol. The molecule has 1 amide bonds. The number of amides is 1. The number of ether oxygens (including phenoxy) is 1. The number of benzene rings is 3. The van der Waals surface area contributed by atoms with Gasteiger partial charge in [-0.3, -0.25) is 19.7 Å². The number of nitro benzene ring substituents is 1. The maximum absolute atomic E-state index is 13.7. The topological polar surface area (TPSA) is 129 Å². The molecule has 0 saturated heterocycles. The molecule has 12 heteroatoms. The third-order valence-corrected chi connectivity index (χ3v) is 7.77. The van der Waals surface area contributed by atoms with E-state index in [1.54, 1.807) is 24.3 Å². The molecule has 42 heavy (non-hydrogen) atoms. The third kappa shape index (κ3) is 6.69. The number of hydrogen-bond acceptors (Lipinski definition) is 7. The van der Waals surface area contributed by atoms with Crippen molar-refractivity contribution in [1.82, 2.24) is 9.66 Å². The zero-order chi connectivity index (χ0) is 29.8. The van der Waals surface area contributed by atoms with E-state index >= 15 is 0 Å². The molecule has 1 fully saturated rings. The van der Waals surface area contributed by atoms with Crippen LogP contribution in [0.25, 0.3) is 10.9 Å². The Hall–Kier alpha value is -4.09. The Balaban J connectivity index is 1.53. The summed E-state index contributed by atoms with van der Waals surface area (Å²) in [4.78, 5) is 42.4. The quantitative estimate of drug-likeness (QED) is 0.124. The third-order valence-electron chi connectivity index (χ3n) is 7.06. The van der Waals surface area contributed by atoms with Crippen molar-refractivity contribution in [3.63, 3.8) is 0 Å². The Kier molecular flexibility index (Phi) is 8.98. The Morgan fingerprint density at radius 2 is 1.93 bits per heavy atom. The molecule has 216 valence electrons. The monoisotopic (exact) mass is 651 g/mol. The molecule has 10 nitrogen and oxygen atoms in total. The fourth-order valence-corrected chi connectivity index (χ4v) is 5.56. The van der Waals surface area contributed by atoms with Gasteiger partial charge in [-0.15, -0.1) is 0 Å². The number of halogens is 2. The van der Waals surface area contributed by atoms with E-state index in [0.717, 1.165) is 48.2 Å². The fraction of sp³-hybridized carbons (Fsp3) is 0.267. The lowest BCUT2D eigenvalue weighted by Crippen LogP contribution is -2.25. The van der Waals surface area contributed by atoms with Crippen LogP contribution in [0.5, 0.6) is 5.75 Å². The summed E-state index contributed by atoms with van der Waals surface area (Å²) in [6, 6.07) is 15.1. The van der Waals surface area contributed by atoms with Gasteiger partial charge in [0.15, 0.2) is 6.61 Å². The first-order valence-electron chi connectivity index (χ1n) is 13.4. The number of nitrogens with zero attached hydrogens (tertiary/aromatic N) is 4. The van der Waals surface area contributed by atoms with Gasteiger partial charge in [-0.25, -0.2) is 4.98 Å². The summed E-state index contributed by atoms with van der Waals surface area (Å²) in [6.07, 6.45) is 6.19. The van der Waals surface area contributed by atoms with Gasteiger partial charge in [-0.1, -0.05) is 64.5 Å². The molecule has 1 aliphatic rings. The van der Waals surface area contributed by atoms with E-state index in [2.05, 4.69) is 26.3 Å². The van der Waals surface area contributed by atoms with E-state index in [9.17, 15) is 19.7 Å². The maximum Gasteiger partial charge on any atom is 0.313 e. The molecule has 5 rings (SSSR count). The van der Waals surface area contributed by atoms with Crippen molar-refractivity contribution in [3.8, 4) is 5.75 Å².